The third-order valence-electron chi connectivity index (χ3n) is 14.6. The molecule has 1 saturated carbocycles. The average Bonchev–Trinajstić information content (AvgIpc) is 3.70. The summed E-state index contributed by atoms with van der Waals surface area (Å²) in [5.74, 6) is -2.23. The molecule has 0 aromatic heterocycles. The van der Waals surface area contributed by atoms with Gasteiger partial charge < -0.3 is 72.2 Å². The summed E-state index contributed by atoms with van der Waals surface area (Å²) in [7, 11) is 4.69. The molecule has 2 aliphatic carbocycles. The van der Waals surface area contributed by atoms with E-state index in [0.717, 1.165) is 24.0 Å². The van der Waals surface area contributed by atoms with Crippen LogP contribution in [-0.2, 0) is 61.6 Å². The number of aliphatic hydroxyl groups is 3. The van der Waals surface area contributed by atoms with Gasteiger partial charge in [0.1, 0.15) is 36.6 Å². The molecule has 0 aromatic carbocycles. The summed E-state index contributed by atoms with van der Waals surface area (Å²) in [5.41, 5.74) is 1.76. The number of ether oxygens (including phenoxy) is 12. The van der Waals surface area contributed by atoms with Crippen LogP contribution in [0.25, 0.3) is 0 Å². The van der Waals surface area contributed by atoms with Crippen LogP contribution < -0.4 is 0 Å². The number of carbonyl (C=O) groups excluding carboxylic acids is 1. The topological polar surface area (TPSA) is 189 Å². The fourth-order valence-corrected chi connectivity index (χ4v) is 11.3. The first-order valence-electron chi connectivity index (χ1n) is 21.2. The molecule has 16 heteroatoms. The van der Waals surface area contributed by atoms with Crippen molar-refractivity contribution < 1.29 is 77.0 Å². The molecule has 328 valence electrons. The number of rotatable bonds is 9. The molecule has 6 aliphatic heterocycles. The van der Waals surface area contributed by atoms with Gasteiger partial charge in [-0.15, -0.1) is 0 Å². The number of aliphatic hydroxyl groups excluding tert-OH is 3. The molecule has 0 radical (unpaired) electrons. The van der Waals surface area contributed by atoms with Crippen molar-refractivity contribution in [3.63, 3.8) is 0 Å². The van der Waals surface area contributed by atoms with Gasteiger partial charge in [-0.05, 0) is 69.8 Å². The highest BCUT2D eigenvalue weighted by Gasteiger charge is 2.59. The molecule has 6 heterocycles. The van der Waals surface area contributed by atoms with E-state index in [1.165, 1.54) is 7.11 Å². The zero-order valence-electron chi connectivity index (χ0n) is 34.9. The molecule has 8 aliphatic rings. The predicted octanol–water partition coefficient (Wildman–Crippen LogP) is 2.63. The molecule has 0 aromatic rings. The molecule has 5 saturated heterocycles. The maximum absolute atomic E-state index is 13.8. The highest BCUT2D eigenvalue weighted by atomic mass is 16.8. The van der Waals surface area contributed by atoms with E-state index in [9.17, 15) is 20.1 Å². The highest BCUT2D eigenvalue weighted by Crippen LogP contribution is 2.57. The first-order chi connectivity index (χ1) is 27.7. The van der Waals surface area contributed by atoms with Gasteiger partial charge >= 0.3 is 5.97 Å². The van der Waals surface area contributed by atoms with Crippen LogP contribution in [0.3, 0.4) is 0 Å². The standard InChI is InChI=1S/C42H64O16/c1-19-34(44)27(47-6)15-30(52-19)57-36-20(2)53-31(16-28(36)48-7)58-37-21(3)54-40(35(45)38(37)49-8)55-24-11-12-41(4)23(13-24)14-26(43)32-25(41)10-9-22-17-50-42(5)33(22)29(18-51-42)56-39(32)46/h14,17,19-21,24-38,40,43-45H,9-13,15-16,18H2,1-8H3. The van der Waals surface area contributed by atoms with E-state index in [-0.39, 0.29) is 30.0 Å². The lowest BCUT2D eigenvalue weighted by molar-refractivity contribution is -0.353. The van der Waals surface area contributed by atoms with Crippen LogP contribution in [0.15, 0.2) is 23.5 Å². The molecule has 0 amide bonds. The normalized spacial score (nSPS) is 51.8. The van der Waals surface area contributed by atoms with Crippen molar-refractivity contribution in [2.45, 2.75) is 184 Å². The van der Waals surface area contributed by atoms with Gasteiger partial charge in [0.05, 0.1) is 67.4 Å². The van der Waals surface area contributed by atoms with E-state index >= 15 is 0 Å². The van der Waals surface area contributed by atoms with Gasteiger partial charge in [-0.1, -0.05) is 18.6 Å². The Morgan fingerprint density at radius 2 is 1.48 bits per heavy atom. The van der Waals surface area contributed by atoms with Crippen LogP contribution in [-0.4, -0.2) is 153 Å². The third-order valence-corrected chi connectivity index (χ3v) is 14.6. The summed E-state index contributed by atoms with van der Waals surface area (Å²) >= 11 is 0. The van der Waals surface area contributed by atoms with E-state index in [1.807, 2.05) is 26.8 Å². The van der Waals surface area contributed by atoms with Crippen molar-refractivity contribution in [1.82, 2.24) is 0 Å². The Labute approximate surface area is 340 Å². The van der Waals surface area contributed by atoms with Gasteiger partial charge in [0.25, 0.3) is 0 Å². The van der Waals surface area contributed by atoms with Crippen LogP contribution >= 0.6 is 0 Å². The summed E-state index contributed by atoms with van der Waals surface area (Å²) in [6.45, 7) is 9.86. The van der Waals surface area contributed by atoms with Crippen molar-refractivity contribution in [2.75, 3.05) is 27.9 Å². The molecular formula is C42H64O16. The highest BCUT2D eigenvalue weighted by molar-refractivity contribution is 5.75. The average molecular weight is 825 g/mol. The monoisotopic (exact) mass is 824 g/mol. The molecule has 21 atom stereocenters. The Bertz CT molecular complexity index is 1540. The zero-order chi connectivity index (χ0) is 41.3. The van der Waals surface area contributed by atoms with Gasteiger partial charge in [0, 0.05) is 41.1 Å². The maximum Gasteiger partial charge on any atom is 0.312 e. The molecule has 58 heavy (non-hydrogen) atoms. The molecular weight excluding hydrogens is 760 g/mol. The summed E-state index contributed by atoms with van der Waals surface area (Å²) in [6, 6.07) is 0. The molecule has 0 spiro atoms. The SMILES string of the molecule is COC1CC(OC2C(C)OC(OC3C(C)OC(OC4CCC5(C)C(=CC(O)C6C(=O)OC7COC8(C)OC=C(CCC65)C78)C4)C(O)C3OC)CC2OC)OC(C)C1O. The van der Waals surface area contributed by atoms with Crippen LogP contribution in [0.4, 0.5) is 0 Å². The third kappa shape index (κ3) is 7.70. The Morgan fingerprint density at radius 1 is 0.793 bits per heavy atom. The minimum absolute atomic E-state index is 0.152. The van der Waals surface area contributed by atoms with Crippen molar-refractivity contribution >= 4 is 5.97 Å². The lowest BCUT2D eigenvalue weighted by Gasteiger charge is -2.52. The first-order valence-corrected chi connectivity index (χ1v) is 21.2. The van der Waals surface area contributed by atoms with Crippen LogP contribution in [0.2, 0.25) is 0 Å². The number of fused-ring (bicyclic) bond motifs is 3. The molecule has 16 nitrogen and oxygen atoms in total. The van der Waals surface area contributed by atoms with E-state index in [2.05, 4.69) is 6.92 Å². The fraction of sp³-hybridized carbons (Fsp3) is 0.881. The number of hydrogen-bond acceptors (Lipinski definition) is 16. The molecule has 0 bridgehead atoms. The number of hydrogen-bond donors (Lipinski definition) is 3. The first kappa shape index (κ1) is 42.9. The van der Waals surface area contributed by atoms with Crippen LogP contribution in [0.1, 0.15) is 79.6 Å². The summed E-state index contributed by atoms with van der Waals surface area (Å²) in [4.78, 5) is 13.8. The second-order valence-corrected chi connectivity index (χ2v) is 18.0. The zero-order valence-corrected chi connectivity index (χ0v) is 34.9. The Hall–Kier alpha value is -1.77. The van der Waals surface area contributed by atoms with Crippen molar-refractivity contribution in [3.05, 3.63) is 23.5 Å². The molecule has 8 rings (SSSR count). The largest absolute Gasteiger partial charge is 0.469 e. The van der Waals surface area contributed by atoms with Gasteiger partial charge in [-0.2, -0.15) is 0 Å². The Kier molecular flexibility index (Phi) is 12.5. The van der Waals surface area contributed by atoms with Crippen molar-refractivity contribution in [2.24, 2.45) is 23.2 Å². The van der Waals surface area contributed by atoms with Gasteiger partial charge in [0.2, 0.25) is 5.79 Å². The summed E-state index contributed by atoms with van der Waals surface area (Å²) < 4.78 is 73.1. The smallest absolute Gasteiger partial charge is 0.312 e. The van der Waals surface area contributed by atoms with E-state index < -0.39 is 110 Å². The summed E-state index contributed by atoms with van der Waals surface area (Å²) in [5, 5.41) is 33.6. The van der Waals surface area contributed by atoms with Crippen molar-refractivity contribution in [3.8, 4) is 0 Å². The number of esters is 1. The Morgan fingerprint density at radius 3 is 2.21 bits per heavy atom. The van der Waals surface area contributed by atoms with Gasteiger partial charge in [-0.25, -0.2) is 0 Å². The van der Waals surface area contributed by atoms with Crippen LogP contribution in [0.5, 0.6) is 0 Å². The lowest BCUT2D eigenvalue weighted by Crippen LogP contribution is -2.61. The number of carbonyl (C=O) groups is 1. The molecule has 3 N–H and O–H groups in total. The second-order valence-electron chi connectivity index (χ2n) is 18.0. The van der Waals surface area contributed by atoms with E-state index in [1.54, 1.807) is 27.4 Å². The van der Waals surface area contributed by atoms with Gasteiger partial charge in [0.15, 0.2) is 18.9 Å². The van der Waals surface area contributed by atoms with E-state index in [0.29, 0.717) is 32.1 Å². The van der Waals surface area contributed by atoms with Gasteiger partial charge in [-0.3, -0.25) is 4.79 Å². The second kappa shape index (κ2) is 16.8. The minimum Gasteiger partial charge on any atom is -0.469 e. The maximum atomic E-state index is 13.8. The molecule has 6 fully saturated rings. The Balaban J connectivity index is 0.891. The van der Waals surface area contributed by atoms with E-state index in [4.69, 9.17) is 56.8 Å². The number of methoxy groups -OCH3 is 3. The lowest BCUT2D eigenvalue weighted by atomic mass is 9.55. The van der Waals surface area contributed by atoms with Crippen molar-refractivity contribution in [1.29, 1.82) is 0 Å². The predicted molar refractivity (Wildman–Crippen MR) is 200 cm³/mol. The van der Waals surface area contributed by atoms with Crippen LogP contribution in [0, 0.1) is 23.2 Å². The fourth-order valence-electron chi connectivity index (χ4n) is 11.3. The summed E-state index contributed by atoms with van der Waals surface area (Å²) in [6.07, 6.45) is -2.69. The molecule has 21 unspecified atom stereocenters. The minimum atomic E-state index is -1.18. The quantitative estimate of drug-likeness (QED) is 0.227.